The summed E-state index contributed by atoms with van der Waals surface area (Å²) in [5.41, 5.74) is 0.0303. The number of hydrogen-bond acceptors (Lipinski definition) is 7. The Kier molecular flexibility index (Phi) is 6.34. The number of nitrogens with zero attached hydrogens (tertiary/aromatic N) is 5. The van der Waals surface area contributed by atoms with Crippen molar-refractivity contribution in [3.63, 3.8) is 0 Å². The van der Waals surface area contributed by atoms with Crippen molar-refractivity contribution >= 4 is 17.1 Å². The average Bonchev–Trinajstić information content (AvgIpc) is 3.19. The normalized spacial score (nSPS) is 12.6. The molecular formula is C23H24FN7O2. The van der Waals surface area contributed by atoms with Crippen molar-refractivity contribution in [3.8, 4) is 23.5 Å². The summed E-state index contributed by atoms with van der Waals surface area (Å²) in [6, 6.07) is 11.0. The van der Waals surface area contributed by atoms with Gasteiger partial charge in [-0.1, -0.05) is 0 Å². The lowest BCUT2D eigenvalue weighted by atomic mass is 10.0. The molecule has 33 heavy (non-hydrogen) atoms. The molecule has 0 saturated carbocycles. The van der Waals surface area contributed by atoms with Crippen LogP contribution in [0, 0.1) is 22.7 Å². The van der Waals surface area contributed by atoms with Gasteiger partial charge in [0.25, 0.3) is 5.91 Å². The quantitative estimate of drug-likeness (QED) is 0.504. The Labute approximate surface area is 190 Å². The zero-order chi connectivity index (χ0) is 24.4. The first-order valence-corrected chi connectivity index (χ1v) is 10.2. The second-order valence-electron chi connectivity index (χ2n) is 8.72. The second kappa shape index (κ2) is 8.85. The van der Waals surface area contributed by atoms with E-state index in [2.05, 4.69) is 26.8 Å². The summed E-state index contributed by atoms with van der Waals surface area (Å²) in [4.78, 5) is 17.2. The van der Waals surface area contributed by atoms with Crippen LogP contribution in [0.15, 0.2) is 36.7 Å². The molecule has 0 bridgehead atoms. The van der Waals surface area contributed by atoms with Gasteiger partial charge in [0.1, 0.15) is 17.8 Å². The van der Waals surface area contributed by atoms with E-state index in [-0.39, 0.29) is 12.1 Å². The van der Waals surface area contributed by atoms with E-state index in [1.54, 1.807) is 42.6 Å². The summed E-state index contributed by atoms with van der Waals surface area (Å²) in [5.74, 6) is -0.603. The van der Waals surface area contributed by atoms with E-state index < -0.39 is 23.2 Å². The van der Waals surface area contributed by atoms with Crippen molar-refractivity contribution in [1.29, 1.82) is 10.5 Å². The van der Waals surface area contributed by atoms with Crippen molar-refractivity contribution in [3.05, 3.63) is 47.8 Å². The molecule has 0 radical (unpaired) electrons. The summed E-state index contributed by atoms with van der Waals surface area (Å²) < 4.78 is 15.7. The smallest absolute Gasteiger partial charge is 0.255 e. The summed E-state index contributed by atoms with van der Waals surface area (Å²) in [5, 5.41) is 38.0. The molecule has 0 saturated heterocycles. The highest BCUT2D eigenvalue weighted by molar-refractivity contribution is 6.00. The summed E-state index contributed by atoms with van der Waals surface area (Å²) in [6.45, 7) is 5.55. The minimum Gasteiger partial charge on any atom is -0.387 e. The molecule has 0 aliphatic carbocycles. The van der Waals surface area contributed by atoms with Gasteiger partial charge >= 0.3 is 0 Å². The SMILES string of the molecule is CC(C)(C#N)Nc1cc(-c2ccc3cc(C#N)cnn23)ncc1C(=O)NC[C@@H](F)C(C)(C)O. The highest BCUT2D eigenvalue weighted by Crippen LogP contribution is 2.27. The fraction of sp³-hybridized carbons (Fsp3) is 0.348. The number of pyridine rings is 1. The number of nitrogens with one attached hydrogen (secondary N) is 2. The first-order chi connectivity index (χ1) is 15.4. The van der Waals surface area contributed by atoms with E-state index in [0.717, 1.165) is 0 Å². The van der Waals surface area contributed by atoms with Gasteiger partial charge in [-0.05, 0) is 52.0 Å². The Hall–Kier alpha value is -4.02. The molecule has 3 N–H and O–H groups in total. The van der Waals surface area contributed by atoms with Crippen molar-refractivity contribution in [2.24, 2.45) is 0 Å². The van der Waals surface area contributed by atoms with E-state index in [1.807, 2.05) is 6.07 Å². The summed E-state index contributed by atoms with van der Waals surface area (Å²) in [6.07, 6.45) is 1.10. The van der Waals surface area contributed by atoms with E-state index in [9.17, 15) is 19.6 Å². The van der Waals surface area contributed by atoms with Crippen molar-refractivity contribution < 1.29 is 14.3 Å². The number of halogens is 1. The predicted octanol–water partition coefficient (Wildman–Crippen LogP) is 2.82. The maximum Gasteiger partial charge on any atom is 0.255 e. The van der Waals surface area contributed by atoms with Gasteiger partial charge in [0.2, 0.25) is 0 Å². The molecular weight excluding hydrogens is 425 g/mol. The molecule has 3 rings (SSSR count). The van der Waals surface area contributed by atoms with Crippen LogP contribution in [0.2, 0.25) is 0 Å². The van der Waals surface area contributed by atoms with Crippen LogP contribution in [0.4, 0.5) is 10.1 Å². The Balaban J connectivity index is 2.00. The van der Waals surface area contributed by atoms with Crippen molar-refractivity contribution in [2.75, 3.05) is 11.9 Å². The number of aromatic nitrogens is 3. The van der Waals surface area contributed by atoms with E-state index in [4.69, 9.17) is 5.26 Å². The number of nitriles is 2. The number of amides is 1. The Bertz CT molecular complexity index is 1280. The minimum absolute atomic E-state index is 0.116. The zero-order valence-electron chi connectivity index (χ0n) is 18.7. The van der Waals surface area contributed by atoms with Gasteiger partial charge in [0.05, 0.1) is 58.1 Å². The second-order valence-corrected chi connectivity index (χ2v) is 8.72. The van der Waals surface area contributed by atoms with E-state index >= 15 is 0 Å². The summed E-state index contributed by atoms with van der Waals surface area (Å²) in [7, 11) is 0. The maximum absolute atomic E-state index is 14.1. The first-order valence-electron chi connectivity index (χ1n) is 10.2. The molecule has 0 aromatic carbocycles. The minimum atomic E-state index is -1.67. The van der Waals surface area contributed by atoms with Crippen LogP contribution in [0.3, 0.4) is 0 Å². The Morgan fingerprint density at radius 1 is 1.24 bits per heavy atom. The van der Waals surface area contributed by atoms with Crippen LogP contribution >= 0.6 is 0 Å². The third kappa shape index (κ3) is 5.25. The van der Waals surface area contributed by atoms with Crippen LogP contribution in [0.25, 0.3) is 16.9 Å². The molecule has 3 aromatic rings. The fourth-order valence-corrected chi connectivity index (χ4v) is 3.03. The molecule has 3 aromatic heterocycles. The standard InChI is InChI=1S/C23H24FN7O2/c1-22(2,13-26)30-17-8-18(19-6-5-15-7-14(9-25)10-29-31(15)19)27-11-16(17)21(32)28-12-20(24)23(3,4)33/h5-8,10-11,20,33H,12H2,1-4H3,(H,27,30)(H,28,32)/t20-/m1/s1. The molecule has 10 heteroatoms. The molecule has 0 spiro atoms. The number of anilines is 1. The number of carbonyl (C=O) groups is 1. The van der Waals surface area contributed by atoms with Crippen LogP contribution in [-0.4, -0.2) is 49.5 Å². The Morgan fingerprint density at radius 3 is 2.61 bits per heavy atom. The van der Waals surface area contributed by atoms with Crippen LogP contribution < -0.4 is 10.6 Å². The highest BCUT2D eigenvalue weighted by Gasteiger charge is 2.28. The number of fused-ring (bicyclic) bond motifs is 1. The molecule has 9 nitrogen and oxygen atoms in total. The van der Waals surface area contributed by atoms with Gasteiger partial charge in [0, 0.05) is 6.20 Å². The molecule has 170 valence electrons. The van der Waals surface area contributed by atoms with Crippen LogP contribution in [0.5, 0.6) is 0 Å². The molecule has 0 aliphatic heterocycles. The van der Waals surface area contributed by atoms with Crippen LogP contribution in [0.1, 0.15) is 43.6 Å². The molecule has 3 heterocycles. The van der Waals surface area contributed by atoms with Crippen LogP contribution in [-0.2, 0) is 0 Å². The number of aliphatic hydroxyl groups is 1. The third-order valence-corrected chi connectivity index (χ3v) is 4.98. The maximum atomic E-state index is 14.1. The van der Waals surface area contributed by atoms with Gasteiger partial charge in [0.15, 0.2) is 0 Å². The summed E-state index contributed by atoms with van der Waals surface area (Å²) >= 11 is 0. The van der Waals surface area contributed by atoms with Gasteiger partial charge in [-0.2, -0.15) is 15.6 Å². The number of hydrogen-bond donors (Lipinski definition) is 3. The topological polar surface area (TPSA) is 139 Å². The highest BCUT2D eigenvalue weighted by atomic mass is 19.1. The van der Waals surface area contributed by atoms with Gasteiger partial charge < -0.3 is 15.7 Å². The van der Waals surface area contributed by atoms with Gasteiger partial charge in [-0.15, -0.1) is 0 Å². The number of rotatable bonds is 7. The predicted molar refractivity (Wildman–Crippen MR) is 120 cm³/mol. The average molecular weight is 449 g/mol. The number of carbonyl (C=O) groups excluding carboxylic acids is 1. The molecule has 0 unspecified atom stereocenters. The van der Waals surface area contributed by atoms with Gasteiger partial charge in [-0.3, -0.25) is 9.78 Å². The first kappa shape index (κ1) is 23.6. The zero-order valence-corrected chi connectivity index (χ0v) is 18.7. The lowest BCUT2D eigenvalue weighted by Gasteiger charge is -2.24. The fourth-order valence-electron chi connectivity index (χ4n) is 3.03. The largest absolute Gasteiger partial charge is 0.387 e. The van der Waals surface area contributed by atoms with Gasteiger partial charge in [-0.25, -0.2) is 8.91 Å². The molecule has 0 fully saturated rings. The molecule has 1 atom stereocenters. The lowest BCUT2D eigenvalue weighted by Crippen LogP contribution is -2.42. The molecule has 1 amide bonds. The Morgan fingerprint density at radius 2 is 1.97 bits per heavy atom. The monoisotopic (exact) mass is 449 g/mol. The van der Waals surface area contributed by atoms with E-state index in [1.165, 1.54) is 26.2 Å². The molecule has 0 aliphatic rings. The van der Waals surface area contributed by atoms with Crippen molar-refractivity contribution in [2.45, 2.75) is 45.0 Å². The third-order valence-electron chi connectivity index (χ3n) is 4.98. The van der Waals surface area contributed by atoms with E-state index in [0.29, 0.717) is 28.2 Å². The lowest BCUT2D eigenvalue weighted by molar-refractivity contribution is -0.00177. The number of alkyl halides is 1. The van der Waals surface area contributed by atoms with Crippen molar-refractivity contribution in [1.82, 2.24) is 19.9 Å².